The van der Waals surface area contributed by atoms with E-state index in [0.717, 1.165) is 0 Å². The normalized spacial score (nSPS) is 13.8. The molecule has 5 nitrogen and oxygen atoms in total. The second kappa shape index (κ2) is 6.79. The molecule has 0 radical (unpaired) electrons. The Balaban J connectivity index is 5.41. The average molecular weight is 245 g/mol. The lowest BCUT2D eigenvalue weighted by atomic mass is 10.1. The molecule has 0 heterocycles. The Labute approximate surface area is 98.4 Å². The fraction of sp³-hybridized carbons (Fsp3) is 0.300. The van der Waals surface area contributed by atoms with Gasteiger partial charge in [-0.1, -0.05) is 24.6 Å². The fourth-order valence-corrected chi connectivity index (χ4v) is 1.29. The number of halogens is 1. The number of hydrogen-bond donors (Lipinski definition) is 1. The molecular weight excluding hydrogens is 232 g/mol. The minimum atomic E-state index is -0.882. The van der Waals surface area contributed by atoms with Crippen molar-refractivity contribution in [1.82, 2.24) is 0 Å². The van der Waals surface area contributed by atoms with Gasteiger partial charge in [-0.3, -0.25) is 14.9 Å². The molecule has 2 N–H and O–H groups in total. The number of rotatable bonds is 5. The summed E-state index contributed by atoms with van der Waals surface area (Å²) in [6, 6.07) is 0. The quantitative estimate of drug-likeness (QED) is 0.348. The Bertz CT molecular complexity index is 384. The van der Waals surface area contributed by atoms with Gasteiger partial charge in [-0.2, -0.15) is 0 Å². The Morgan fingerprint density at radius 3 is 2.44 bits per heavy atom. The molecule has 0 aromatic rings. The molecule has 6 heteroatoms. The van der Waals surface area contributed by atoms with E-state index in [2.05, 4.69) is 0 Å². The molecule has 0 rings (SSSR count). The predicted octanol–water partition coefficient (Wildman–Crippen LogP) is 2.11. The van der Waals surface area contributed by atoms with Gasteiger partial charge in [0, 0.05) is 5.03 Å². The van der Waals surface area contributed by atoms with Crippen molar-refractivity contribution >= 4 is 17.5 Å². The fourth-order valence-electron chi connectivity index (χ4n) is 1.02. The minimum Gasteiger partial charge on any atom is -0.365 e. The zero-order valence-corrected chi connectivity index (χ0v) is 9.82. The number of nitro groups is 1. The van der Waals surface area contributed by atoms with Crippen LogP contribution in [0.2, 0.25) is 0 Å². The number of carbonyl (C=O) groups excluding carboxylic acids is 1. The number of amides is 1. The molecule has 0 saturated heterocycles. The van der Waals surface area contributed by atoms with Crippen LogP contribution in [0.1, 0.15) is 20.3 Å². The van der Waals surface area contributed by atoms with Crippen molar-refractivity contribution in [3.05, 3.63) is 44.6 Å². The summed E-state index contributed by atoms with van der Waals surface area (Å²) in [7, 11) is 0. The third kappa shape index (κ3) is 4.27. The van der Waals surface area contributed by atoms with E-state index in [0.29, 0.717) is 6.42 Å². The second-order valence-electron chi connectivity index (χ2n) is 2.85. The number of primary amides is 1. The Morgan fingerprint density at radius 2 is 2.12 bits per heavy atom. The van der Waals surface area contributed by atoms with Crippen molar-refractivity contribution in [2.24, 2.45) is 5.73 Å². The van der Waals surface area contributed by atoms with E-state index < -0.39 is 10.8 Å². The molecule has 0 aliphatic rings. The van der Waals surface area contributed by atoms with Crippen LogP contribution in [0, 0.1) is 10.1 Å². The van der Waals surface area contributed by atoms with Crippen LogP contribution in [0.25, 0.3) is 0 Å². The van der Waals surface area contributed by atoms with Crippen LogP contribution in [-0.4, -0.2) is 10.8 Å². The monoisotopic (exact) mass is 244 g/mol. The number of hydrogen-bond acceptors (Lipinski definition) is 3. The topological polar surface area (TPSA) is 86.2 Å². The van der Waals surface area contributed by atoms with Crippen LogP contribution in [-0.2, 0) is 4.79 Å². The van der Waals surface area contributed by atoms with Crippen molar-refractivity contribution in [3.8, 4) is 0 Å². The molecule has 0 aromatic carbocycles. The Morgan fingerprint density at radius 1 is 1.56 bits per heavy atom. The average Bonchev–Trinajstić information content (AvgIpc) is 2.17. The number of nitrogens with two attached hydrogens (primary N) is 1. The first-order chi connectivity index (χ1) is 7.43. The van der Waals surface area contributed by atoms with Crippen LogP contribution < -0.4 is 5.73 Å². The van der Waals surface area contributed by atoms with Gasteiger partial charge in [0.1, 0.15) is 5.57 Å². The summed E-state index contributed by atoms with van der Waals surface area (Å²) in [5, 5.41) is 10.9. The Kier molecular flexibility index (Phi) is 6.10. The predicted molar refractivity (Wildman–Crippen MR) is 62.3 cm³/mol. The highest BCUT2D eigenvalue weighted by molar-refractivity contribution is 6.31. The van der Waals surface area contributed by atoms with Crippen molar-refractivity contribution in [1.29, 1.82) is 0 Å². The summed E-state index contributed by atoms with van der Waals surface area (Å²) < 4.78 is 0. The smallest absolute Gasteiger partial charge is 0.277 e. The summed E-state index contributed by atoms with van der Waals surface area (Å²) in [6.45, 7) is 3.30. The molecule has 0 atom stereocenters. The largest absolute Gasteiger partial charge is 0.365 e. The molecule has 0 aromatic heterocycles. The van der Waals surface area contributed by atoms with Crippen LogP contribution in [0.4, 0.5) is 0 Å². The zero-order valence-electron chi connectivity index (χ0n) is 9.07. The lowest BCUT2D eigenvalue weighted by molar-refractivity contribution is -0.420. The first-order valence-corrected chi connectivity index (χ1v) is 5.00. The maximum atomic E-state index is 11.1. The molecule has 0 aliphatic heterocycles. The van der Waals surface area contributed by atoms with Gasteiger partial charge in [0.25, 0.3) is 11.6 Å². The summed E-state index contributed by atoms with van der Waals surface area (Å²) in [5.74, 6) is -0.882. The van der Waals surface area contributed by atoms with Crippen molar-refractivity contribution in [2.45, 2.75) is 20.3 Å². The SMILES string of the molecule is C\C=C(/C(=C\C(Cl)=C\CC)C(N)=O)[N+](=O)[O-]. The highest BCUT2D eigenvalue weighted by Crippen LogP contribution is 2.15. The molecule has 0 fully saturated rings. The summed E-state index contributed by atoms with van der Waals surface area (Å²) in [4.78, 5) is 21.0. The lowest BCUT2D eigenvalue weighted by Crippen LogP contribution is -2.19. The van der Waals surface area contributed by atoms with E-state index in [9.17, 15) is 14.9 Å². The molecule has 1 amide bonds. The molecule has 0 bridgehead atoms. The maximum Gasteiger partial charge on any atom is 0.277 e. The number of allylic oxidation sites excluding steroid dienone is 4. The van der Waals surface area contributed by atoms with E-state index >= 15 is 0 Å². The Hall–Kier alpha value is -1.62. The lowest BCUT2D eigenvalue weighted by Gasteiger charge is -2.00. The van der Waals surface area contributed by atoms with Gasteiger partial charge < -0.3 is 5.73 Å². The van der Waals surface area contributed by atoms with Gasteiger partial charge >= 0.3 is 0 Å². The summed E-state index contributed by atoms with van der Waals surface area (Å²) >= 11 is 5.75. The third-order valence-corrected chi connectivity index (χ3v) is 1.96. The van der Waals surface area contributed by atoms with Crippen LogP contribution in [0.3, 0.4) is 0 Å². The zero-order chi connectivity index (χ0) is 12.7. The van der Waals surface area contributed by atoms with Gasteiger partial charge in [0.15, 0.2) is 0 Å². The molecule has 0 saturated carbocycles. The van der Waals surface area contributed by atoms with Gasteiger partial charge in [0.05, 0.1) is 4.92 Å². The van der Waals surface area contributed by atoms with E-state index in [4.69, 9.17) is 17.3 Å². The van der Waals surface area contributed by atoms with Gasteiger partial charge in [-0.25, -0.2) is 0 Å². The summed E-state index contributed by atoms with van der Waals surface area (Å²) in [6.07, 6.45) is 4.68. The van der Waals surface area contributed by atoms with Crippen molar-refractivity contribution < 1.29 is 9.72 Å². The van der Waals surface area contributed by atoms with E-state index in [-0.39, 0.29) is 16.3 Å². The minimum absolute atomic E-state index is 0.206. The van der Waals surface area contributed by atoms with Gasteiger partial charge in [-0.15, -0.1) is 0 Å². The van der Waals surface area contributed by atoms with Crippen LogP contribution in [0.15, 0.2) is 34.5 Å². The van der Waals surface area contributed by atoms with E-state index in [1.165, 1.54) is 19.1 Å². The second-order valence-corrected chi connectivity index (χ2v) is 3.29. The summed E-state index contributed by atoms with van der Waals surface area (Å²) in [5.41, 5.74) is 4.50. The van der Waals surface area contributed by atoms with E-state index in [1.54, 1.807) is 6.08 Å². The highest BCUT2D eigenvalue weighted by Gasteiger charge is 2.21. The first-order valence-electron chi connectivity index (χ1n) is 4.62. The maximum absolute atomic E-state index is 11.1. The van der Waals surface area contributed by atoms with E-state index in [1.807, 2.05) is 6.92 Å². The molecular formula is C10H13ClN2O3. The first kappa shape index (κ1) is 14.4. The van der Waals surface area contributed by atoms with Crippen LogP contribution in [0.5, 0.6) is 0 Å². The molecule has 16 heavy (non-hydrogen) atoms. The molecule has 88 valence electrons. The standard InChI is InChI=1S/C10H13ClN2O3/c1-3-5-7(11)6-8(10(12)14)9(4-2)13(15)16/h4-6H,3H2,1-2H3,(H2,12,14)/b7-5-,8-6+,9-4+. The number of nitrogens with zero attached hydrogens (tertiary/aromatic N) is 1. The number of carbonyl (C=O) groups is 1. The van der Waals surface area contributed by atoms with Crippen LogP contribution >= 0.6 is 11.6 Å². The molecule has 0 unspecified atom stereocenters. The highest BCUT2D eigenvalue weighted by atomic mass is 35.5. The van der Waals surface area contributed by atoms with Crippen molar-refractivity contribution in [3.63, 3.8) is 0 Å². The third-order valence-electron chi connectivity index (χ3n) is 1.69. The van der Waals surface area contributed by atoms with Crippen molar-refractivity contribution in [2.75, 3.05) is 0 Å². The van der Waals surface area contributed by atoms with Gasteiger partial charge in [0.2, 0.25) is 0 Å². The molecule has 0 spiro atoms. The van der Waals surface area contributed by atoms with Gasteiger partial charge in [-0.05, 0) is 25.5 Å². The molecule has 0 aliphatic carbocycles.